The Morgan fingerprint density at radius 1 is 1.25 bits per heavy atom. The van der Waals surface area contributed by atoms with E-state index in [1.807, 2.05) is 6.07 Å². The van der Waals surface area contributed by atoms with Crippen molar-refractivity contribution in [1.82, 2.24) is 5.48 Å². The molecular weight excluding hydrogens is 266 g/mol. The summed E-state index contributed by atoms with van der Waals surface area (Å²) in [6, 6.07) is 6.21. The van der Waals surface area contributed by atoms with Crippen molar-refractivity contribution < 1.29 is 5.21 Å². The van der Waals surface area contributed by atoms with Crippen molar-refractivity contribution >= 4 is 15.9 Å². The highest BCUT2D eigenvalue weighted by Crippen LogP contribution is 2.22. The first-order valence-corrected chi connectivity index (χ1v) is 6.72. The Hall–Kier alpha value is -0.380. The van der Waals surface area contributed by atoms with Crippen LogP contribution in [0.3, 0.4) is 0 Å². The van der Waals surface area contributed by atoms with E-state index in [1.54, 1.807) is 0 Å². The molecule has 0 radical (unpaired) electrons. The second-order valence-electron chi connectivity index (χ2n) is 4.02. The van der Waals surface area contributed by atoms with Gasteiger partial charge in [-0.3, -0.25) is 0 Å². The summed E-state index contributed by atoms with van der Waals surface area (Å²) in [5.41, 5.74) is 4.73. The molecule has 3 heteroatoms. The van der Waals surface area contributed by atoms with Crippen LogP contribution in [0.15, 0.2) is 22.7 Å². The summed E-state index contributed by atoms with van der Waals surface area (Å²) in [6.07, 6.45) is 6.18. The number of hydrogen-bond acceptors (Lipinski definition) is 2. The molecule has 0 saturated carbocycles. The van der Waals surface area contributed by atoms with Crippen molar-refractivity contribution in [3.63, 3.8) is 0 Å². The van der Waals surface area contributed by atoms with Crippen LogP contribution >= 0.6 is 15.9 Å². The number of unbranched alkanes of at least 4 members (excludes halogenated alkanes) is 3. The highest BCUT2D eigenvalue weighted by molar-refractivity contribution is 9.10. The van der Waals surface area contributed by atoms with Gasteiger partial charge in [0, 0.05) is 11.0 Å². The van der Waals surface area contributed by atoms with Crippen LogP contribution in [0.2, 0.25) is 0 Å². The van der Waals surface area contributed by atoms with Crippen molar-refractivity contribution in [2.45, 2.75) is 45.6 Å². The molecule has 0 amide bonds. The van der Waals surface area contributed by atoms with Crippen molar-refractivity contribution in [3.8, 4) is 0 Å². The molecule has 0 heterocycles. The van der Waals surface area contributed by atoms with E-state index in [1.165, 1.54) is 36.8 Å². The zero-order valence-corrected chi connectivity index (χ0v) is 11.4. The maximum atomic E-state index is 8.81. The Bertz CT molecular complexity index is 315. The third kappa shape index (κ3) is 4.24. The zero-order chi connectivity index (χ0) is 11.8. The van der Waals surface area contributed by atoms with Crippen LogP contribution in [0.5, 0.6) is 0 Å². The molecule has 2 nitrogen and oxygen atoms in total. The van der Waals surface area contributed by atoms with Crippen LogP contribution in [0, 0.1) is 0 Å². The van der Waals surface area contributed by atoms with Gasteiger partial charge in [0.25, 0.3) is 0 Å². The lowest BCUT2D eigenvalue weighted by Gasteiger charge is -2.10. The molecule has 2 N–H and O–H groups in total. The van der Waals surface area contributed by atoms with Gasteiger partial charge in [-0.05, 0) is 30.0 Å². The molecule has 0 aliphatic heterocycles. The van der Waals surface area contributed by atoms with E-state index in [2.05, 4.69) is 40.5 Å². The van der Waals surface area contributed by atoms with E-state index in [9.17, 15) is 0 Å². The summed E-state index contributed by atoms with van der Waals surface area (Å²) < 4.78 is 1.07. The van der Waals surface area contributed by atoms with Crippen LogP contribution in [-0.2, 0) is 13.0 Å². The molecule has 0 spiro atoms. The van der Waals surface area contributed by atoms with Gasteiger partial charge >= 0.3 is 0 Å². The average Bonchev–Trinajstić information content (AvgIpc) is 2.29. The number of hydroxylamine groups is 1. The molecule has 0 aliphatic rings. The fraction of sp³-hybridized carbons (Fsp3) is 0.538. The highest BCUT2D eigenvalue weighted by Gasteiger charge is 2.05. The summed E-state index contributed by atoms with van der Waals surface area (Å²) in [5.74, 6) is 0. The molecular formula is C13H20BrNO. The van der Waals surface area contributed by atoms with Gasteiger partial charge in [-0.25, -0.2) is 5.48 Å². The van der Waals surface area contributed by atoms with Gasteiger partial charge in [0.05, 0.1) is 0 Å². The minimum atomic E-state index is 0.504. The fourth-order valence-corrected chi connectivity index (χ4v) is 2.40. The van der Waals surface area contributed by atoms with Crippen molar-refractivity contribution in [3.05, 3.63) is 33.8 Å². The molecule has 0 atom stereocenters. The molecule has 1 aromatic rings. The Morgan fingerprint density at radius 2 is 2.06 bits per heavy atom. The molecule has 1 rings (SSSR count). The molecule has 90 valence electrons. The van der Waals surface area contributed by atoms with Crippen molar-refractivity contribution in [1.29, 1.82) is 0 Å². The predicted molar refractivity (Wildman–Crippen MR) is 70.6 cm³/mol. The number of benzene rings is 1. The molecule has 0 aromatic heterocycles. The summed E-state index contributed by atoms with van der Waals surface area (Å²) in [7, 11) is 0. The lowest BCUT2D eigenvalue weighted by molar-refractivity contribution is 0.161. The fourth-order valence-electron chi connectivity index (χ4n) is 1.86. The minimum Gasteiger partial charge on any atom is -0.316 e. The Labute approximate surface area is 106 Å². The van der Waals surface area contributed by atoms with E-state index in [-0.39, 0.29) is 0 Å². The maximum Gasteiger partial charge on any atom is 0.0471 e. The standard InChI is InChI=1S/C13H20BrNO/c1-2-3-4-5-7-11-8-6-9-13(14)12(11)10-15-16/h6,8-9,15-16H,2-5,7,10H2,1H3. The predicted octanol–water partition coefficient (Wildman–Crippen LogP) is 4.05. The summed E-state index contributed by atoms with van der Waals surface area (Å²) >= 11 is 3.52. The van der Waals surface area contributed by atoms with Gasteiger partial charge in [0.2, 0.25) is 0 Å². The maximum absolute atomic E-state index is 8.81. The number of aryl methyl sites for hydroxylation is 1. The monoisotopic (exact) mass is 285 g/mol. The third-order valence-electron chi connectivity index (χ3n) is 2.77. The van der Waals surface area contributed by atoms with Crippen molar-refractivity contribution in [2.24, 2.45) is 0 Å². The lowest BCUT2D eigenvalue weighted by atomic mass is 10.0. The first-order valence-electron chi connectivity index (χ1n) is 5.92. The zero-order valence-electron chi connectivity index (χ0n) is 9.80. The van der Waals surface area contributed by atoms with Crippen LogP contribution in [-0.4, -0.2) is 5.21 Å². The molecule has 0 aliphatic carbocycles. The number of halogens is 1. The Kier molecular flexibility index (Phi) is 6.69. The minimum absolute atomic E-state index is 0.504. The van der Waals surface area contributed by atoms with Crippen LogP contribution in [0.1, 0.15) is 43.7 Å². The Morgan fingerprint density at radius 3 is 2.75 bits per heavy atom. The summed E-state index contributed by atoms with van der Waals surface area (Å²) in [4.78, 5) is 0. The van der Waals surface area contributed by atoms with Gasteiger partial charge in [0.1, 0.15) is 0 Å². The number of nitrogens with one attached hydrogen (secondary N) is 1. The molecule has 16 heavy (non-hydrogen) atoms. The van der Waals surface area contributed by atoms with Gasteiger partial charge in [-0.15, -0.1) is 0 Å². The van der Waals surface area contributed by atoms with E-state index >= 15 is 0 Å². The third-order valence-corrected chi connectivity index (χ3v) is 3.51. The smallest absolute Gasteiger partial charge is 0.0471 e. The van der Waals surface area contributed by atoms with Crippen LogP contribution < -0.4 is 5.48 Å². The topological polar surface area (TPSA) is 32.3 Å². The van der Waals surface area contributed by atoms with E-state index in [0.29, 0.717) is 6.54 Å². The SMILES string of the molecule is CCCCCCc1cccc(Br)c1CNO. The lowest BCUT2D eigenvalue weighted by Crippen LogP contribution is -2.09. The molecule has 0 unspecified atom stereocenters. The molecule has 0 fully saturated rings. The highest BCUT2D eigenvalue weighted by atomic mass is 79.9. The normalized spacial score (nSPS) is 10.7. The quantitative estimate of drug-likeness (QED) is 0.585. The molecule has 0 bridgehead atoms. The number of rotatable bonds is 7. The largest absolute Gasteiger partial charge is 0.316 e. The van der Waals surface area contributed by atoms with Gasteiger partial charge in [-0.1, -0.05) is 54.2 Å². The average molecular weight is 286 g/mol. The van der Waals surface area contributed by atoms with Gasteiger partial charge in [0.15, 0.2) is 0 Å². The van der Waals surface area contributed by atoms with Gasteiger partial charge in [-0.2, -0.15) is 0 Å². The van der Waals surface area contributed by atoms with Crippen LogP contribution in [0.4, 0.5) is 0 Å². The van der Waals surface area contributed by atoms with Crippen LogP contribution in [0.25, 0.3) is 0 Å². The summed E-state index contributed by atoms with van der Waals surface area (Å²) in [6.45, 7) is 2.73. The molecule has 0 saturated heterocycles. The van der Waals surface area contributed by atoms with E-state index in [4.69, 9.17) is 5.21 Å². The first-order chi connectivity index (χ1) is 7.79. The van der Waals surface area contributed by atoms with E-state index in [0.717, 1.165) is 10.9 Å². The summed E-state index contributed by atoms with van der Waals surface area (Å²) in [5, 5.41) is 8.81. The first kappa shape index (κ1) is 13.7. The molecule has 1 aromatic carbocycles. The second kappa shape index (κ2) is 7.82. The van der Waals surface area contributed by atoms with Crippen molar-refractivity contribution in [2.75, 3.05) is 0 Å². The second-order valence-corrected chi connectivity index (χ2v) is 4.88. The number of hydrogen-bond donors (Lipinski definition) is 2. The van der Waals surface area contributed by atoms with E-state index < -0.39 is 0 Å². The van der Waals surface area contributed by atoms with Gasteiger partial charge < -0.3 is 5.21 Å². The Balaban J connectivity index is 2.59.